The van der Waals surface area contributed by atoms with E-state index in [1.54, 1.807) is 18.2 Å². The summed E-state index contributed by atoms with van der Waals surface area (Å²) in [6.07, 6.45) is 0. The highest BCUT2D eigenvalue weighted by Gasteiger charge is 2.15. The molecule has 0 bridgehead atoms. The standard InChI is InChI=1S/C14H13BrClFN2/c15-9-5-6-10(12(17)7-9)14(8-18)19-13-4-2-1-3-11(13)16/h1-7,14,19H,8,18H2. The van der Waals surface area contributed by atoms with Crippen LogP contribution in [-0.4, -0.2) is 6.54 Å². The second-order valence-electron chi connectivity index (χ2n) is 4.08. The molecule has 0 spiro atoms. The van der Waals surface area contributed by atoms with Gasteiger partial charge in [-0.25, -0.2) is 4.39 Å². The van der Waals surface area contributed by atoms with Gasteiger partial charge in [0, 0.05) is 16.6 Å². The summed E-state index contributed by atoms with van der Waals surface area (Å²) in [5.41, 5.74) is 6.98. The van der Waals surface area contributed by atoms with Crippen LogP contribution < -0.4 is 11.1 Å². The minimum Gasteiger partial charge on any atom is -0.376 e. The van der Waals surface area contributed by atoms with Crippen molar-refractivity contribution in [3.05, 3.63) is 63.3 Å². The van der Waals surface area contributed by atoms with E-state index in [9.17, 15) is 4.39 Å². The average molecular weight is 344 g/mol. The maximum atomic E-state index is 13.9. The maximum absolute atomic E-state index is 13.9. The van der Waals surface area contributed by atoms with Gasteiger partial charge in [-0.05, 0) is 24.3 Å². The summed E-state index contributed by atoms with van der Waals surface area (Å²) >= 11 is 9.31. The van der Waals surface area contributed by atoms with Crippen molar-refractivity contribution in [3.8, 4) is 0 Å². The summed E-state index contributed by atoms with van der Waals surface area (Å²) in [6, 6.07) is 11.9. The summed E-state index contributed by atoms with van der Waals surface area (Å²) in [6.45, 7) is 0.268. The number of nitrogens with two attached hydrogens (primary N) is 1. The summed E-state index contributed by atoms with van der Waals surface area (Å²) in [5.74, 6) is -0.302. The molecule has 0 saturated heterocycles. The first-order valence-corrected chi connectivity index (χ1v) is 6.95. The fourth-order valence-electron chi connectivity index (χ4n) is 1.81. The van der Waals surface area contributed by atoms with E-state index in [4.69, 9.17) is 17.3 Å². The Morgan fingerprint density at radius 2 is 2.00 bits per heavy atom. The van der Waals surface area contributed by atoms with E-state index in [2.05, 4.69) is 21.2 Å². The van der Waals surface area contributed by atoms with Gasteiger partial charge in [-0.3, -0.25) is 0 Å². The zero-order valence-corrected chi connectivity index (χ0v) is 12.4. The third-order valence-corrected chi connectivity index (χ3v) is 3.60. The Bertz CT molecular complexity index is 577. The van der Waals surface area contributed by atoms with Crippen LogP contribution >= 0.6 is 27.5 Å². The van der Waals surface area contributed by atoms with Gasteiger partial charge in [-0.15, -0.1) is 0 Å². The third-order valence-electron chi connectivity index (χ3n) is 2.78. The molecule has 2 aromatic carbocycles. The number of rotatable bonds is 4. The van der Waals surface area contributed by atoms with E-state index in [1.807, 2.05) is 18.2 Å². The molecule has 0 radical (unpaired) electrons. The van der Waals surface area contributed by atoms with Crippen molar-refractivity contribution in [2.45, 2.75) is 6.04 Å². The van der Waals surface area contributed by atoms with Crippen molar-refractivity contribution in [1.29, 1.82) is 0 Å². The molecule has 0 aliphatic rings. The molecule has 2 rings (SSSR count). The number of anilines is 1. The van der Waals surface area contributed by atoms with Crippen molar-refractivity contribution in [2.75, 3.05) is 11.9 Å². The molecule has 2 nitrogen and oxygen atoms in total. The fourth-order valence-corrected chi connectivity index (χ4v) is 2.34. The van der Waals surface area contributed by atoms with Crippen molar-refractivity contribution in [2.24, 2.45) is 5.73 Å². The van der Waals surface area contributed by atoms with Crippen LogP contribution in [0.15, 0.2) is 46.9 Å². The molecule has 100 valence electrons. The summed E-state index contributed by atoms with van der Waals surface area (Å²) in [4.78, 5) is 0. The number of benzene rings is 2. The predicted octanol–water partition coefficient (Wildman–Crippen LogP) is 4.35. The van der Waals surface area contributed by atoms with Crippen LogP contribution in [0.3, 0.4) is 0 Å². The zero-order valence-electron chi connectivity index (χ0n) is 10.0. The van der Waals surface area contributed by atoms with Gasteiger partial charge in [-0.1, -0.05) is 45.7 Å². The van der Waals surface area contributed by atoms with Gasteiger partial charge in [0.15, 0.2) is 0 Å². The van der Waals surface area contributed by atoms with Crippen LogP contribution in [0.2, 0.25) is 5.02 Å². The normalized spacial score (nSPS) is 12.2. The number of para-hydroxylation sites is 1. The van der Waals surface area contributed by atoms with Crippen molar-refractivity contribution >= 4 is 33.2 Å². The molecule has 0 amide bonds. The molecular weight excluding hydrogens is 331 g/mol. The number of nitrogens with one attached hydrogen (secondary N) is 1. The van der Waals surface area contributed by atoms with Crippen LogP contribution in [0.5, 0.6) is 0 Å². The number of hydrogen-bond acceptors (Lipinski definition) is 2. The zero-order chi connectivity index (χ0) is 13.8. The average Bonchev–Trinajstić information content (AvgIpc) is 2.39. The first kappa shape index (κ1) is 14.3. The largest absolute Gasteiger partial charge is 0.376 e. The molecule has 2 aromatic rings. The minimum atomic E-state index is -0.326. The molecule has 0 heterocycles. The van der Waals surface area contributed by atoms with Crippen molar-refractivity contribution in [3.63, 3.8) is 0 Å². The Hall–Kier alpha value is -1.10. The van der Waals surface area contributed by atoms with E-state index < -0.39 is 0 Å². The van der Waals surface area contributed by atoms with Gasteiger partial charge in [0.05, 0.1) is 16.8 Å². The lowest BCUT2D eigenvalue weighted by atomic mass is 10.1. The molecule has 3 N–H and O–H groups in total. The predicted molar refractivity (Wildman–Crippen MR) is 81.0 cm³/mol. The summed E-state index contributed by atoms with van der Waals surface area (Å²) in [5, 5.41) is 3.74. The Kier molecular flexibility index (Phi) is 4.80. The molecular formula is C14H13BrClFN2. The maximum Gasteiger partial charge on any atom is 0.129 e. The molecule has 0 fully saturated rings. The number of halogens is 3. The third kappa shape index (κ3) is 3.47. The second kappa shape index (κ2) is 6.37. The first-order chi connectivity index (χ1) is 9.11. The summed E-state index contributed by atoms with van der Waals surface area (Å²) in [7, 11) is 0. The van der Waals surface area contributed by atoms with Crippen molar-refractivity contribution in [1.82, 2.24) is 0 Å². The lowest BCUT2D eigenvalue weighted by Gasteiger charge is -2.20. The minimum absolute atomic E-state index is 0.268. The van der Waals surface area contributed by atoms with E-state index >= 15 is 0 Å². The van der Waals surface area contributed by atoms with Crippen molar-refractivity contribution < 1.29 is 4.39 Å². The van der Waals surface area contributed by atoms with Crippen LogP contribution in [-0.2, 0) is 0 Å². The molecule has 5 heteroatoms. The second-order valence-corrected chi connectivity index (χ2v) is 5.40. The molecule has 0 aromatic heterocycles. The highest BCUT2D eigenvalue weighted by molar-refractivity contribution is 9.10. The van der Waals surface area contributed by atoms with E-state index in [0.717, 1.165) is 5.69 Å². The van der Waals surface area contributed by atoms with Crippen LogP contribution in [0.25, 0.3) is 0 Å². The van der Waals surface area contributed by atoms with Gasteiger partial charge in [-0.2, -0.15) is 0 Å². The first-order valence-electron chi connectivity index (χ1n) is 5.78. The Morgan fingerprint density at radius 1 is 1.26 bits per heavy atom. The fraction of sp³-hybridized carbons (Fsp3) is 0.143. The monoisotopic (exact) mass is 342 g/mol. The topological polar surface area (TPSA) is 38.0 Å². The van der Waals surface area contributed by atoms with Gasteiger partial charge < -0.3 is 11.1 Å². The van der Waals surface area contributed by atoms with Gasteiger partial charge in [0.1, 0.15) is 5.82 Å². The highest BCUT2D eigenvalue weighted by atomic mass is 79.9. The molecule has 1 atom stereocenters. The SMILES string of the molecule is NCC(Nc1ccccc1Cl)c1ccc(Br)cc1F. The quantitative estimate of drug-likeness (QED) is 0.866. The van der Waals surface area contributed by atoms with E-state index in [-0.39, 0.29) is 18.4 Å². The molecule has 1 unspecified atom stereocenters. The van der Waals surface area contributed by atoms with Gasteiger partial charge in [0.25, 0.3) is 0 Å². The highest BCUT2D eigenvalue weighted by Crippen LogP contribution is 2.27. The Morgan fingerprint density at radius 3 is 2.63 bits per heavy atom. The smallest absolute Gasteiger partial charge is 0.129 e. The molecule has 19 heavy (non-hydrogen) atoms. The molecule has 0 aliphatic heterocycles. The molecule has 0 aliphatic carbocycles. The lowest BCUT2D eigenvalue weighted by Crippen LogP contribution is -2.21. The summed E-state index contributed by atoms with van der Waals surface area (Å²) < 4.78 is 14.6. The Labute approximate surface area is 124 Å². The number of hydrogen-bond donors (Lipinski definition) is 2. The van der Waals surface area contributed by atoms with E-state index in [0.29, 0.717) is 15.1 Å². The van der Waals surface area contributed by atoms with E-state index in [1.165, 1.54) is 6.07 Å². The van der Waals surface area contributed by atoms with Gasteiger partial charge >= 0.3 is 0 Å². The van der Waals surface area contributed by atoms with Crippen LogP contribution in [0.1, 0.15) is 11.6 Å². The van der Waals surface area contributed by atoms with Crippen LogP contribution in [0, 0.1) is 5.82 Å². The molecule has 0 saturated carbocycles. The Balaban J connectivity index is 2.28. The van der Waals surface area contributed by atoms with Gasteiger partial charge in [0.2, 0.25) is 0 Å². The van der Waals surface area contributed by atoms with Crippen LogP contribution in [0.4, 0.5) is 10.1 Å². The lowest BCUT2D eigenvalue weighted by molar-refractivity contribution is 0.592.